The monoisotopic (exact) mass is 232 g/mol. The van der Waals surface area contributed by atoms with Gasteiger partial charge in [-0.25, -0.2) is 0 Å². The molecule has 0 aromatic rings. The quantitative estimate of drug-likeness (QED) is 0.584. The SMILES string of the molecule is CN(C)C(=S)NCCC(=O)OC(C)(C)C. The van der Waals surface area contributed by atoms with Gasteiger partial charge in [0.1, 0.15) is 5.60 Å². The summed E-state index contributed by atoms with van der Waals surface area (Å²) in [6.45, 7) is 6.06. The summed E-state index contributed by atoms with van der Waals surface area (Å²) in [7, 11) is 3.70. The van der Waals surface area contributed by atoms with Crippen molar-refractivity contribution < 1.29 is 9.53 Å². The third-order valence-corrected chi connectivity index (χ3v) is 1.94. The Balaban J connectivity index is 3.70. The molecule has 0 atom stereocenters. The van der Waals surface area contributed by atoms with Crippen molar-refractivity contribution >= 4 is 23.3 Å². The minimum absolute atomic E-state index is 0.212. The van der Waals surface area contributed by atoms with Crippen molar-refractivity contribution in [1.29, 1.82) is 0 Å². The molecule has 0 rings (SSSR count). The fraction of sp³-hybridized carbons (Fsp3) is 0.800. The van der Waals surface area contributed by atoms with Crippen LogP contribution in [0.4, 0.5) is 0 Å². The van der Waals surface area contributed by atoms with Crippen molar-refractivity contribution in [1.82, 2.24) is 10.2 Å². The summed E-state index contributed by atoms with van der Waals surface area (Å²) in [6, 6.07) is 0. The van der Waals surface area contributed by atoms with Crippen molar-refractivity contribution in [3.63, 3.8) is 0 Å². The van der Waals surface area contributed by atoms with Crippen LogP contribution in [-0.4, -0.2) is 42.2 Å². The Labute approximate surface area is 97.0 Å². The number of nitrogens with zero attached hydrogens (tertiary/aromatic N) is 1. The summed E-state index contributed by atoms with van der Waals surface area (Å²) in [4.78, 5) is 13.1. The number of hydrogen-bond donors (Lipinski definition) is 1. The topological polar surface area (TPSA) is 41.6 Å². The van der Waals surface area contributed by atoms with E-state index in [4.69, 9.17) is 17.0 Å². The summed E-state index contributed by atoms with van der Waals surface area (Å²) < 4.78 is 5.14. The highest BCUT2D eigenvalue weighted by Gasteiger charge is 2.15. The average Bonchev–Trinajstić information content (AvgIpc) is 2.00. The van der Waals surface area contributed by atoms with E-state index in [1.165, 1.54) is 0 Å². The molecule has 0 unspecified atom stereocenters. The molecule has 0 saturated carbocycles. The minimum Gasteiger partial charge on any atom is -0.460 e. The Kier molecular flexibility index (Phi) is 5.57. The molecule has 0 aliphatic heterocycles. The number of carbonyl (C=O) groups excluding carboxylic acids is 1. The third-order valence-electron chi connectivity index (χ3n) is 1.43. The van der Waals surface area contributed by atoms with E-state index in [2.05, 4.69) is 5.32 Å². The zero-order valence-electron chi connectivity index (χ0n) is 10.1. The fourth-order valence-electron chi connectivity index (χ4n) is 0.822. The van der Waals surface area contributed by atoms with Gasteiger partial charge in [-0.05, 0) is 33.0 Å². The van der Waals surface area contributed by atoms with Crippen LogP contribution in [0.5, 0.6) is 0 Å². The molecule has 0 heterocycles. The van der Waals surface area contributed by atoms with Crippen LogP contribution in [0.1, 0.15) is 27.2 Å². The third kappa shape index (κ3) is 8.17. The number of carbonyl (C=O) groups is 1. The first-order chi connectivity index (χ1) is 6.72. The minimum atomic E-state index is -0.418. The number of rotatable bonds is 3. The highest BCUT2D eigenvalue weighted by atomic mass is 32.1. The predicted octanol–water partition coefficient (Wildman–Crippen LogP) is 1.15. The van der Waals surface area contributed by atoms with Crippen LogP contribution in [0, 0.1) is 0 Å². The van der Waals surface area contributed by atoms with Crippen LogP contribution in [0.25, 0.3) is 0 Å². The van der Waals surface area contributed by atoms with E-state index in [1.807, 2.05) is 34.9 Å². The highest BCUT2D eigenvalue weighted by Crippen LogP contribution is 2.07. The van der Waals surface area contributed by atoms with Gasteiger partial charge >= 0.3 is 5.97 Å². The number of ether oxygens (including phenoxy) is 1. The van der Waals surface area contributed by atoms with Gasteiger partial charge in [0.15, 0.2) is 5.11 Å². The van der Waals surface area contributed by atoms with E-state index in [1.54, 1.807) is 4.90 Å². The molecule has 1 N–H and O–H groups in total. The second-order valence-electron chi connectivity index (χ2n) is 4.46. The lowest BCUT2D eigenvalue weighted by Gasteiger charge is -2.20. The van der Waals surface area contributed by atoms with E-state index in [0.29, 0.717) is 18.1 Å². The summed E-state index contributed by atoms with van der Waals surface area (Å²) >= 11 is 5.00. The van der Waals surface area contributed by atoms with Gasteiger partial charge in [0.05, 0.1) is 6.42 Å². The Morgan fingerprint density at radius 1 is 1.40 bits per heavy atom. The lowest BCUT2D eigenvalue weighted by molar-refractivity contribution is -0.154. The Hall–Kier alpha value is -0.840. The maximum Gasteiger partial charge on any atom is 0.308 e. The maximum atomic E-state index is 11.3. The van der Waals surface area contributed by atoms with E-state index >= 15 is 0 Å². The van der Waals surface area contributed by atoms with Crippen LogP contribution in [0.3, 0.4) is 0 Å². The molecule has 0 fully saturated rings. The number of hydrogen-bond acceptors (Lipinski definition) is 3. The molecule has 0 radical (unpaired) electrons. The molecule has 15 heavy (non-hydrogen) atoms. The molecular weight excluding hydrogens is 212 g/mol. The molecule has 0 bridgehead atoms. The number of thiocarbonyl (C=S) groups is 1. The van der Waals surface area contributed by atoms with Crippen molar-refractivity contribution in [2.45, 2.75) is 32.8 Å². The van der Waals surface area contributed by atoms with Crippen LogP contribution in [0.15, 0.2) is 0 Å². The van der Waals surface area contributed by atoms with Crippen molar-refractivity contribution in [3.8, 4) is 0 Å². The Bertz CT molecular complexity index is 234. The van der Waals surface area contributed by atoms with E-state index < -0.39 is 5.60 Å². The molecule has 5 heteroatoms. The van der Waals surface area contributed by atoms with Crippen LogP contribution in [0.2, 0.25) is 0 Å². The standard InChI is InChI=1S/C10H20N2O2S/c1-10(2,3)14-8(13)6-7-11-9(15)12(4)5/h6-7H2,1-5H3,(H,11,15). The second-order valence-corrected chi connectivity index (χ2v) is 4.85. The summed E-state index contributed by atoms with van der Waals surface area (Å²) in [5, 5.41) is 3.58. The molecule has 0 amide bonds. The first-order valence-corrected chi connectivity index (χ1v) is 5.30. The van der Waals surface area contributed by atoms with Crippen LogP contribution >= 0.6 is 12.2 Å². The number of nitrogens with one attached hydrogen (secondary N) is 1. The molecule has 0 aliphatic rings. The van der Waals surface area contributed by atoms with Gasteiger partial charge in [-0.2, -0.15) is 0 Å². The van der Waals surface area contributed by atoms with Crippen molar-refractivity contribution in [3.05, 3.63) is 0 Å². The fourth-order valence-corrected chi connectivity index (χ4v) is 0.924. The lowest BCUT2D eigenvalue weighted by Crippen LogP contribution is -2.36. The first kappa shape index (κ1) is 14.2. The van der Waals surface area contributed by atoms with Gasteiger partial charge in [0, 0.05) is 20.6 Å². The van der Waals surface area contributed by atoms with Gasteiger partial charge in [0.2, 0.25) is 0 Å². The predicted molar refractivity (Wildman–Crippen MR) is 64.7 cm³/mol. The van der Waals surface area contributed by atoms with E-state index in [0.717, 1.165) is 0 Å². The van der Waals surface area contributed by atoms with Gasteiger partial charge in [-0.15, -0.1) is 0 Å². The molecule has 0 aromatic heterocycles. The maximum absolute atomic E-state index is 11.3. The smallest absolute Gasteiger partial charge is 0.308 e. The first-order valence-electron chi connectivity index (χ1n) is 4.89. The summed E-state index contributed by atoms with van der Waals surface area (Å²) in [6.07, 6.45) is 0.325. The Morgan fingerprint density at radius 2 is 1.93 bits per heavy atom. The van der Waals surface area contributed by atoms with Crippen molar-refractivity contribution in [2.24, 2.45) is 0 Å². The van der Waals surface area contributed by atoms with Gasteiger partial charge in [0.25, 0.3) is 0 Å². The van der Waals surface area contributed by atoms with Gasteiger partial charge in [-0.1, -0.05) is 0 Å². The average molecular weight is 232 g/mol. The normalized spacial score (nSPS) is 10.7. The molecular formula is C10H20N2O2S. The molecule has 88 valence electrons. The zero-order valence-corrected chi connectivity index (χ0v) is 10.9. The van der Waals surface area contributed by atoms with Crippen LogP contribution < -0.4 is 5.32 Å². The second kappa shape index (κ2) is 5.90. The lowest BCUT2D eigenvalue weighted by atomic mass is 10.2. The van der Waals surface area contributed by atoms with E-state index in [9.17, 15) is 4.79 Å². The van der Waals surface area contributed by atoms with E-state index in [-0.39, 0.29) is 5.97 Å². The molecule has 0 aromatic carbocycles. The van der Waals surface area contributed by atoms with Crippen molar-refractivity contribution in [2.75, 3.05) is 20.6 Å². The zero-order chi connectivity index (χ0) is 12.1. The molecule has 0 spiro atoms. The summed E-state index contributed by atoms with van der Waals surface area (Å²) in [5.74, 6) is -0.212. The molecule has 4 nitrogen and oxygen atoms in total. The largest absolute Gasteiger partial charge is 0.460 e. The Morgan fingerprint density at radius 3 is 2.33 bits per heavy atom. The molecule has 0 saturated heterocycles. The van der Waals surface area contributed by atoms with Crippen LogP contribution in [-0.2, 0) is 9.53 Å². The van der Waals surface area contributed by atoms with Gasteiger partial charge < -0.3 is 15.0 Å². The summed E-state index contributed by atoms with van der Waals surface area (Å²) in [5.41, 5.74) is -0.418. The highest BCUT2D eigenvalue weighted by molar-refractivity contribution is 7.80. The number of esters is 1. The molecule has 0 aliphatic carbocycles. The van der Waals surface area contributed by atoms with Gasteiger partial charge in [-0.3, -0.25) is 4.79 Å².